The summed E-state index contributed by atoms with van der Waals surface area (Å²) in [7, 11) is 0. The van der Waals surface area contributed by atoms with E-state index in [1.54, 1.807) is 6.26 Å². The molecule has 1 unspecified atom stereocenters. The highest BCUT2D eigenvalue weighted by Gasteiger charge is 2.13. The SMILES string of the molecule is CC(Nc1ncnc(NN)c1Br)c1ccco1. The Bertz CT molecular complexity index is 487. The van der Waals surface area contributed by atoms with Gasteiger partial charge in [-0.15, -0.1) is 0 Å². The van der Waals surface area contributed by atoms with E-state index in [9.17, 15) is 0 Å². The molecule has 0 amide bonds. The first-order valence-electron chi connectivity index (χ1n) is 4.99. The molecule has 0 aliphatic rings. The Balaban J connectivity index is 2.19. The molecule has 90 valence electrons. The van der Waals surface area contributed by atoms with Crippen LogP contribution in [0, 0.1) is 0 Å². The summed E-state index contributed by atoms with van der Waals surface area (Å²) < 4.78 is 5.98. The molecule has 0 aromatic carbocycles. The fourth-order valence-corrected chi connectivity index (χ4v) is 1.82. The Morgan fingerprint density at radius 3 is 2.82 bits per heavy atom. The quantitative estimate of drug-likeness (QED) is 0.593. The first kappa shape index (κ1) is 11.9. The zero-order valence-electron chi connectivity index (χ0n) is 9.14. The second-order valence-corrected chi connectivity index (χ2v) is 4.20. The molecular weight excluding hydrogens is 286 g/mol. The molecule has 2 aromatic heterocycles. The molecular formula is C10H12BrN5O. The third kappa shape index (κ3) is 2.56. The van der Waals surface area contributed by atoms with Gasteiger partial charge in [-0.1, -0.05) is 0 Å². The molecule has 17 heavy (non-hydrogen) atoms. The van der Waals surface area contributed by atoms with Gasteiger partial charge in [0.15, 0.2) is 5.82 Å². The van der Waals surface area contributed by atoms with Gasteiger partial charge >= 0.3 is 0 Å². The summed E-state index contributed by atoms with van der Waals surface area (Å²) in [5.74, 6) is 7.33. The lowest BCUT2D eigenvalue weighted by molar-refractivity contribution is 0.490. The van der Waals surface area contributed by atoms with Crippen LogP contribution in [0.25, 0.3) is 0 Å². The number of rotatable bonds is 4. The largest absolute Gasteiger partial charge is 0.467 e. The van der Waals surface area contributed by atoms with Gasteiger partial charge in [0.25, 0.3) is 0 Å². The van der Waals surface area contributed by atoms with Crippen LogP contribution >= 0.6 is 15.9 Å². The van der Waals surface area contributed by atoms with E-state index in [0.717, 1.165) is 5.76 Å². The van der Waals surface area contributed by atoms with Crippen LogP contribution < -0.4 is 16.6 Å². The Labute approximate surface area is 107 Å². The topological polar surface area (TPSA) is 89.0 Å². The van der Waals surface area contributed by atoms with Gasteiger partial charge in [0.1, 0.15) is 22.4 Å². The van der Waals surface area contributed by atoms with E-state index in [-0.39, 0.29) is 6.04 Å². The van der Waals surface area contributed by atoms with Crippen molar-refractivity contribution in [2.24, 2.45) is 5.84 Å². The van der Waals surface area contributed by atoms with Crippen molar-refractivity contribution in [3.05, 3.63) is 35.0 Å². The second-order valence-electron chi connectivity index (χ2n) is 3.41. The lowest BCUT2D eigenvalue weighted by atomic mass is 10.2. The fourth-order valence-electron chi connectivity index (χ4n) is 1.38. The minimum absolute atomic E-state index is 0.00169. The van der Waals surface area contributed by atoms with Crippen LogP contribution in [0.15, 0.2) is 33.6 Å². The molecule has 4 N–H and O–H groups in total. The number of hydrogen-bond donors (Lipinski definition) is 3. The standard InChI is InChI=1S/C10H12BrN5O/c1-6(7-3-2-4-17-7)15-9-8(11)10(16-12)14-5-13-9/h2-6H,12H2,1H3,(H2,13,14,15,16). The fraction of sp³-hybridized carbons (Fsp3) is 0.200. The number of nitrogen functional groups attached to an aromatic ring is 1. The third-order valence-electron chi connectivity index (χ3n) is 2.25. The second kappa shape index (κ2) is 5.15. The highest BCUT2D eigenvalue weighted by molar-refractivity contribution is 9.10. The number of anilines is 2. The van der Waals surface area contributed by atoms with Gasteiger partial charge < -0.3 is 15.2 Å². The van der Waals surface area contributed by atoms with Gasteiger partial charge in [-0.05, 0) is 35.0 Å². The van der Waals surface area contributed by atoms with E-state index in [2.05, 4.69) is 36.6 Å². The Morgan fingerprint density at radius 2 is 2.18 bits per heavy atom. The molecule has 0 aliphatic heterocycles. The van der Waals surface area contributed by atoms with Gasteiger partial charge in [0, 0.05) is 0 Å². The predicted octanol–water partition coefficient (Wildman–Crippen LogP) is 2.29. The van der Waals surface area contributed by atoms with Crippen molar-refractivity contribution in [1.29, 1.82) is 0 Å². The van der Waals surface area contributed by atoms with Gasteiger partial charge in [-0.3, -0.25) is 0 Å². The van der Waals surface area contributed by atoms with E-state index in [1.165, 1.54) is 6.33 Å². The molecule has 0 aliphatic carbocycles. The lowest BCUT2D eigenvalue weighted by Crippen LogP contribution is -2.12. The monoisotopic (exact) mass is 297 g/mol. The van der Waals surface area contributed by atoms with Crippen LogP contribution in [-0.2, 0) is 0 Å². The number of hydrazine groups is 1. The molecule has 0 saturated carbocycles. The number of hydrogen-bond acceptors (Lipinski definition) is 6. The van der Waals surface area contributed by atoms with E-state index >= 15 is 0 Å². The summed E-state index contributed by atoms with van der Waals surface area (Å²) in [4.78, 5) is 8.10. The molecule has 2 rings (SSSR count). The number of nitrogens with zero attached hydrogens (tertiary/aromatic N) is 2. The Hall–Kier alpha value is -1.60. The van der Waals surface area contributed by atoms with Crippen LogP contribution in [0.1, 0.15) is 18.7 Å². The molecule has 1 atom stereocenters. The molecule has 2 heterocycles. The third-order valence-corrected chi connectivity index (χ3v) is 3.00. The van der Waals surface area contributed by atoms with E-state index in [0.29, 0.717) is 16.1 Å². The zero-order valence-corrected chi connectivity index (χ0v) is 10.7. The lowest BCUT2D eigenvalue weighted by Gasteiger charge is -2.14. The van der Waals surface area contributed by atoms with Crippen LogP contribution in [0.3, 0.4) is 0 Å². The zero-order chi connectivity index (χ0) is 12.3. The predicted molar refractivity (Wildman–Crippen MR) is 68.3 cm³/mol. The number of nitrogens with one attached hydrogen (secondary N) is 2. The minimum atomic E-state index is 0.00169. The molecule has 0 radical (unpaired) electrons. The highest BCUT2D eigenvalue weighted by atomic mass is 79.9. The smallest absolute Gasteiger partial charge is 0.159 e. The van der Waals surface area contributed by atoms with E-state index in [1.807, 2.05) is 19.1 Å². The summed E-state index contributed by atoms with van der Waals surface area (Å²) in [6.45, 7) is 1.98. The maximum atomic E-state index is 5.33. The number of halogens is 1. The first-order chi connectivity index (χ1) is 8.22. The van der Waals surface area contributed by atoms with Gasteiger partial charge in [0.05, 0.1) is 12.3 Å². The van der Waals surface area contributed by atoms with Gasteiger partial charge in [-0.25, -0.2) is 15.8 Å². The van der Waals surface area contributed by atoms with E-state index < -0.39 is 0 Å². The van der Waals surface area contributed by atoms with Gasteiger partial charge in [-0.2, -0.15) is 0 Å². The highest BCUT2D eigenvalue weighted by Crippen LogP contribution is 2.28. The number of furan rings is 1. The summed E-state index contributed by atoms with van der Waals surface area (Å²) in [5.41, 5.74) is 2.48. The molecule has 0 spiro atoms. The van der Waals surface area contributed by atoms with Crippen LogP contribution in [-0.4, -0.2) is 9.97 Å². The molecule has 6 nitrogen and oxygen atoms in total. The van der Waals surface area contributed by atoms with Crippen molar-refractivity contribution in [3.63, 3.8) is 0 Å². The molecule has 2 aromatic rings. The first-order valence-corrected chi connectivity index (χ1v) is 5.78. The molecule has 0 saturated heterocycles. The van der Waals surface area contributed by atoms with Crippen molar-refractivity contribution < 1.29 is 4.42 Å². The van der Waals surface area contributed by atoms with Gasteiger partial charge in [0.2, 0.25) is 0 Å². The van der Waals surface area contributed by atoms with Crippen LogP contribution in [0.2, 0.25) is 0 Å². The Kier molecular flexibility index (Phi) is 3.60. The normalized spacial score (nSPS) is 12.2. The van der Waals surface area contributed by atoms with Crippen molar-refractivity contribution in [2.45, 2.75) is 13.0 Å². The van der Waals surface area contributed by atoms with E-state index in [4.69, 9.17) is 10.3 Å². The summed E-state index contributed by atoms with van der Waals surface area (Å²) in [6.07, 6.45) is 3.06. The maximum Gasteiger partial charge on any atom is 0.159 e. The minimum Gasteiger partial charge on any atom is -0.467 e. The average Bonchev–Trinajstić information content (AvgIpc) is 2.85. The molecule has 7 heteroatoms. The average molecular weight is 298 g/mol. The van der Waals surface area contributed by atoms with Crippen molar-refractivity contribution >= 4 is 27.6 Å². The number of aromatic nitrogens is 2. The van der Waals surface area contributed by atoms with Crippen molar-refractivity contribution in [2.75, 3.05) is 10.7 Å². The Morgan fingerprint density at radius 1 is 1.41 bits per heavy atom. The summed E-state index contributed by atoms with van der Waals surface area (Å²) in [6, 6.07) is 3.74. The maximum absolute atomic E-state index is 5.33. The summed E-state index contributed by atoms with van der Waals surface area (Å²) >= 11 is 3.37. The van der Waals surface area contributed by atoms with Crippen LogP contribution in [0.5, 0.6) is 0 Å². The van der Waals surface area contributed by atoms with Crippen molar-refractivity contribution in [3.8, 4) is 0 Å². The summed E-state index contributed by atoms with van der Waals surface area (Å²) in [5, 5.41) is 3.20. The molecule has 0 fully saturated rings. The van der Waals surface area contributed by atoms with Crippen LogP contribution in [0.4, 0.5) is 11.6 Å². The molecule has 0 bridgehead atoms. The van der Waals surface area contributed by atoms with Crippen molar-refractivity contribution in [1.82, 2.24) is 9.97 Å². The number of nitrogens with two attached hydrogens (primary N) is 1.